The van der Waals surface area contributed by atoms with Crippen molar-refractivity contribution in [3.63, 3.8) is 0 Å². The van der Waals surface area contributed by atoms with E-state index in [2.05, 4.69) is 5.32 Å². The Morgan fingerprint density at radius 3 is 2.19 bits per heavy atom. The van der Waals surface area contributed by atoms with Gasteiger partial charge < -0.3 is 24.4 Å². The molecule has 2 atom stereocenters. The molecule has 0 bridgehead atoms. The maximum Gasteiger partial charge on any atom is 0.256 e. The number of benzene rings is 3. The third-order valence-corrected chi connectivity index (χ3v) is 7.24. The number of carbonyl (C=O) groups excluding carboxylic acids is 2. The van der Waals surface area contributed by atoms with E-state index >= 15 is 0 Å². The number of halogens is 1. The van der Waals surface area contributed by atoms with Crippen LogP contribution in [-0.2, 0) is 11.3 Å². The van der Waals surface area contributed by atoms with Crippen molar-refractivity contribution in [2.75, 3.05) is 27.1 Å². The Morgan fingerprint density at radius 2 is 1.61 bits per heavy atom. The van der Waals surface area contributed by atoms with Gasteiger partial charge in [0.1, 0.15) is 17.2 Å². The van der Waals surface area contributed by atoms with Gasteiger partial charge in [0, 0.05) is 17.9 Å². The smallest absolute Gasteiger partial charge is 0.256 e. The van der Waals surface area contributed by atoms with E-state index < -0.39 is 6.04 Å². The topological polar surface area (TPSA) is 77.1 Å². The fourth-order valence-electron chi connectivity index (χ4n) is 4.09. The number of carbonyl (C=O) groups is 2. The molecule has 1 aliphatic rings. The third-order valence-electron chi connectivity index (χ3n) is 5.91. The summed E-state index contributed by atoms with van der Waals surface area (Å²) in [6.45, 7) is 0.225. The monoisotopic (exact) mass is 510 g/mol. The first-order chi connectivity index (χ1) is 17.5. The lowest BCUT2D eigenvalue weighted by atomic mass is 10.1. The molecule has 4 rings (SSSR count). The van der Waals surface area contributed by atoms with Crippen molar-refractivity contribution in [3.05, 3.63) is 89.2 Å². The number of methoxy groups -OCH3 is 3. The van der Waals surface area contributed by atoms with Crippen LogP contribution in [0.5, 0.6) is 17.2 Å². The number of nitrogens with zero attached hydrogens (tertiary/aromatic N) is 1. The molecule has 3 aromatic rings. The van der Waals surface area contributed by atoms with Gasteiger partial charge in [-0.3, -0.25) is 9.59 Å². The number of rotatable bonds is 8. The number of nitrogens with one attached hydrogen (secondary N) is 1. The van der Waals surface area contributed by atoms with Crippen molar-refractivity contribution >= 4 is 23.6 Å². The van der Waals surface area contributed by atoms with Gasteiger partial charge in [-0.15, -0.1) is 11.8 Å². The average molecular weight is 511 g/mol. The number of hydrogen-bond donors (Lipinski definition) is 1. The molecular weight excluding hydrogens is 483 g/mol. The van der Waals surface area contributed by atoms with Gasteiger partial charge in [-0.05, 0) is 35.4 Å². The summed E-state index contributed by atoms with van der Waals surface area (Å²) in [5.74, 6) is 0.526. The van der Waals surface area contributed by atoms with Gasteiger partial charge in [-0.25, -0.2) is 4.39 Å². The Morgan fingerprint density at radius 1 is 0.972 bits per heavy atom. The minimum absolute atomic E-state index is 0.225. The Balaban J connectivity index is 1.66. The molecule has 0 aromatic heterocycles. The standard InChI is InChI=1S/C27H27FN2O5S/c1-33-22-13-19(14-23(34-2)24(22)35-3)26(32)30-21(16-36-27(30)18-7-5-4-6-8-18)25(31)29-15-17-9-11-20(28)12-10-17/h4-14,21,27H,15-16H2,1-3H3,(H,29,31). The molecular formula is C27H27FN2O5S. The fourth-order valence-corrected chi connectivity index (χ4v) is 5.52. The number of hydrogen-bond acceptors (Lipinski definition) is 6. The first-order valence-corrected chi connectivity index (χ1v) is 12.3. The molecule has 3 aromatic carbocycles. The Kier molecular flexibility index (Phi) is 8.00. The quantitative estimate of drug-likeness (QED) is 0.483. The number of thioether (sulfide) groups is 1. The average Bonchev–Trinajstić information content (AvgIpc) is 3.37. The molecule has 188 valence electrons. The Bertz CT molecular complexity index is 1200. The van der Waals surface area contributed by atoms with Gasteiger partial charge in [0.05, 0.1) is 21.3 Å². The van der Waals surface area contributed by atoms with Gasteiger partial charge in [-0.1, -0.05) is 42.5 Å². The molecule has 0 radical (unpaired) electrons. The second kappa shape index (κ2) is 11.3. The van der Waals surface area contributed by atoms with Crippen LogP contribution in [0.2, 0.25) is 0 Å². The molecule has 1 heterocycles. The third kappa shape index (κ3) is 5.26. The summed E-state index contributed by atoms with van der Waals surface area (Å²) in [6, 6.07) is 18.0. The van der Waals surface area contributed by atoms with Crippen molar-refractivity contribution in [1.29, 1.82) is 0 Å². The van der Waals surface area contributed by atoms with E-state index in [1.807, 2.05) is 30.3 Å². The molecule has 0 spiro atoms. The first-order valence-electron chi connectivity index (χ1n) is 11.3. The molecule has 2 unspecified atom stereocenters. The van der Waals surface area contributed by atoms with Crippen LogP contribution in [0.4, 0.5) is 4.39 Å². The minimum Gasteiger partial charge on any atom is -0.493 e. The van der Waals surface area contributed by atoms with Gasteiger partial charge in [0.2, 0.25) is 11.7 Å². The summed E-state index contributed by atoms with van der Waals surface area (Å²) in [6.07, 6.45) is 0. The predicted octanol–water partition coefficient (Wildman–Crippen LogP) is 4.42. The lowest BCUT2D eigenvalue weighted by molar-refractivity contribution is -0.125. The van der Waals surface area contributed by atoms with Crippen LogP contribution in [0, 0.1) is 5.82 Å². The molecule has 0 saturated carbocycles. The minimum atomic E-state index is -0.716. The summed E-state index contributed by atoms with van der Waals surface area (Å²) in [5, 5.41) is 2.53. The van der Waals surface area contributed by atoms with Gasteiger partial charge in [0.15, 0.2) is 11.5 Å². The largest absolute Gasteiger partial charge is 0.493 e. The Hall–Kier alpha value is -3.72. The van der Waals surface area contributed by atoms with Crippen LogP contribution in [0.3, 0.4) is 0 Å². The van der Waals surface area contributed by atoms with E-state index in [1.165, 1.54) is 45.2 Å². The van der Waals surface area contributed by atoms with E-state index in [1.54, 1.807) is 29.2 Å². The van der Waals surface area contributed by atoms with Crippen LogP contribution in [0.1, 0.15) is 26.9 Å². The second-order valence-electron chi connectivity index (χ2n) is 8.08. The van der Waals surface area contributed by atoms with Gasteiger partial charge >= 0.3 is 0 Å². The van der Waals surface area contributed by atoms with Crippen LogP contribution in [-0.4, -0.2) is 49.8 Å². The predicted molar refractivity (Wildman–Crippen MR) is 136 cm³/mol. The number of amides is 2. The van der Waals surface area contributed by atoms with Crippen LogP contribution in [0.15, 0.2) is 66.7 Å². The first kappa shape index (κ1) is 25.4. The van der Waals surface area contributed by atoms with E-state index in [9.17, 15) is 14.0 Å². The summed E-state index contributed by atoms with van der Waals surface area (Å²) in [4.78, 5) is 28.8. The molecule has 1 saturated heterocycles. The van der Waals surface area contributed by atoms with Crippen molar-refractivity contribution in [2.24, 2.45) is 0 Å². The highest BCUT2D eigenvalue weighted by atomic mass is 32.2. The maximum atomic E-state index is 13.9. The van der Waals surface area contributed by atoms with E-state index in [0.29, 0.717) is 28.6 Å². The zero-order chi connectivity index (χ0) is 25.7. The van der Waals surface area contributed by atoms with Gasteiger partial charge in [-0.2, -0.15) is 0 Å². The lowest BCUT2D eigenvalue weighted by Gasteiger charge is -2.29. The molecule has 1 aliphatic heterocycles. The Labute approximate surface area is 213 Å². The highest BCUT2D eigenvalue weighted by Crippen LogP contribution is 2.44. The van der Waals surface area contributed by atoms with Crippen molar-refractivity contribution in [1.82, 2.24) is 10.2 Å². The lowest BCUT2D eigenvalue weighted by Crippen LogP contribution is -2.47. The van der Waals surface area contributed by atoms with Crippen LogP contribution < -0.4 is 19.5 Å². The zero-order valence-electron chi connectivity index (χ0n) is 20.2. The molecule has 1 fully saturated rings. The molecule has 36 heavy (non-hydrogen) atoms. The highest BCUT2D eigenvalue weighted by molar-refractivity contribution is 7.99. The number of ether oxygens (including phenoxy) is 3. The van der Waals surface area contributed by atoms with E-state index in [0.717, 1.165) is 11.1 Å². The fraction of sp³-hybridized carbons (Fsp3) is 0.259. The summed E-state index contributed by atoms with van der Waals surface area (Å²) >= 11 is 1.52. The molecule has 0 aliphatic carbocycles. The van der Waals surface area contributed by atoms with Crippen molar-refractivity contribution < 1.29 is 28.2 Å². The molecule has 9 heteroatoms. The SMILES string of the molecule is COc1cc(C(=O)N2C(C(=O)NCc3ccc(F)cc3)CSC2c2ccccc2)cc(OC)c1OC. The second-order valence-corrected chi connectivity index (χ2v) is 9.20. The van der Waals surface area contributed by atoms with Gasteiger partial charge in [0.25, 0.3) is 5.91 Å². The van der Waals surface area contributed by atoms with Crippen LogP contribution >= 0.6 is 11.8 Å². The van der Waals surface area contributed by atoms with Crippen LogP contribution in [0.25, 0.3) is 0 Å². The normalized spacial score (nSPS) is 16.9. The summed E-state index contributed by atoms with van der Waals surface area (Å²) in [5.41, 5.74) is 1.99. The highest BCUT2D eigenvalue weighted by Gasteiger charge is 2.43. The van der Waals surface area contributed by atoms with Crippen molar-refractivity contribution in [2.45, 2.75) is 18.0 Å². The zero-order valence-corrected chi connectivity index (χ0v) is 21.0. The van der Waals surface area contributed by atoms with E-state index in [4.69, 9.17) is 14.2 Å². The summed E-state index contributed by atoms with van der Waals surface area (Å²) < 4.78 is 29.5. The van der Waals surface area contributed by atoms with E-state index in [-0.39, 0.29) is 29.6 Å². The molecule has 2 amide bonds. The summed E-state index contributed by atoms with van der Waals surface area (Å²) in [7, 11) is 4.46. The molecule has 7 nitrogen and oxygen atoms in total. The molecule has 1 N–H and O–H groups in total. The maximum absolute atomic E-state index is 13.9. The van der Waals surface area contributed by atoms with Crippen molar-refractivity contribution in [3.8, 4) is 17.2 Å².